The lowest BCUT2D eigenvalue weighted by molar-refractivity contribution is -0.385. The van der Waals surface area contributed by atoms with Gasteiger partial charge < -0.3 is 9.47 Å². The number of nitro benzene ring substituents is 1. The van der Waals surface area contributed by atoms with Gasteiger partial charge >= 0.3 is 11.9 Å². The van der Waals surface area contributed by atoms with Crippen molar-refractivity contribution >= 4 is 5.69 Å². The Morgan fingerprint density at radius 1 is 1.25 bits per heavy atom. The molecule has 0 N–H and O–H groups in total. The number of halogens is 4. The Balaban J connectivity index is 2.38. The molecular weight excluding hydrogens is 286 g/mol. The number of hydrogen-bond donors (Lipinski definition) is 0. The van der Waals surface area contributed by atoms with E-state index in [2.05, 4.69) is 4.74 Å². The smallest absolute Gasteiger partial charge is 0.411 e. The summed E-state index contributed by atoms with van der Waals surface area (Å²) in [6.45, 7) is -1.71. The Bertz CT molecular complexity index is 464. The van der Waals surface area contributed by atoms with Crippen molar-refractivity contribution in [3.63, 3.8) is 0 Å². The maximum absolute atomic E-state index is 12.9. The molecular formula is C11H11F4NO4. The van der Waals surface area contributed by atoms with E-state index in [1.807, 2.05) is 0 Å². The van der Waals surface area contributed by atoms with Crippen LogP contribution in [0.2, 0.25) is 0 Å². The summed E-state index contributed by atoms with van der Waals surface area (Å²) in [6.07, 6.45) is -4.31. The van der Waals surface area contributed by atoms with E-state index in [1.54, 1.807) is 0 Å². The Hall–Kier alpha value is -1.90. The second kappa shape index (κ2) is 7.04. The van der Waals surface area contributed by atoms with Gasteiger partial charge in [-0.15, -0.1) is 0 Å². The molecule has 0 atom stereocenters. The van der Waals surface area contributed by atoms with E-state index in [-0.39, 0.29) is 25.4 Å². The number of hydrogen-bond acceptors (Lipinski definition) is 4. The molecule has 1 aromatic rings. The van der Waals surface area contributed by atoms with Crippen LogP contribution in [-0.4, -0.2) is 30.9 Å². The van der Waals surface area contributed by atoms with E-state index in [0.717, 1.165) is 18.2 Å². The maximum atomic E-state index is 12.9. The first-order chi connectivity index (χ1) is 9.29. The largest absolute Gasteiger partial charge is 0.487 e. The molecule has 20 heavy (non-hydrogen) atoms. The number of alkyl halides is 3. The fourth-order valence-electron chi connectivity index (χ4n) is 1.29. The van der Waals surface area contributed by atoms with Crippen LogP contribution in [0.25, 0.3) is 0 Å². The van der Waals surface area contributed by atoms with Gasteiger partial charge in [-0.2, -0.15) is 13.2 Å². The predicted molar refractivity (Wildman–Crippen MR) is 60.0 cm³/mol. The van der Waals surface area contributed by atoms with Crippen LogP contribution < -0.4 is 4.74 Å². The quantitative estimate of drug-likeness (QED) is 0.336. The highest BCUT2D eigenvalue weighted by Gasteiger charge is 2.27. The predicted octanol–water partition coefficient (Wildman–Crippen LogP) is 3.08. The molecule has 1 aromatic carbocycles. The van der Waals surface area contributed by atoms with Crippen LogP contribution in [0.15, 0.2) is 18.2 Å². The molecule has 5 nitrogen and oxygen atoms in total. The van der Waals surface area contributed by atoms with Crippen LogP contribution in [-0.2, 0) is 4.74 Å². The van der Waals surface area contributed by atoms with Gasteiger partial charge in [0.15, 0.2) is 5.75 Å². The third-order valence-electron chi connectivity index (χ3n) is 2.07. The van der Waals surface area contributed by atoms with E-state index in [0.29, 0.717) is 0 Å². The third-order valence-corrected chi connectivity index (χ3v) is 2.07. The Morgan fingerprint density at radius 2 is 1.95 bits per heavy atom. The summed E-state index contributed by atoms with van der Waals surface area (Å²) in [6, 6.07) is 2.71. The highest BCUT2D eigenvalue weighted by Crippen LogP contribution is 2.27. The molecule has 0 saturated carbocycles. The molecule has 9 heteroatoms. The number of nitro groups is 1. The van der Waals surface area contributed by atoms with Crippen molar-refractivity contribution < 1.29 is 32.0 Å². The first kappa shape index (κ1) is 16.2. The molecule has 0 heterocycles. The Kier molecular flexibility index (Phi) is 5.68. The highest BCUT2D eigenvalue weighted by atomic mass is 19.4. The SMILES string of the molecule is O=[N+]([O-])c1ccc(F)cc1OCCCOCC(F)(F)F. The average Bonchev–Trinajstić information content (AvgIpc) is 2.32. The summed E-state index contributed by atoms with van der Waals surface area (Å²) < 4.78 is 57.4. The zero-order valence-electron chi connectivity index (χ0n) is 10.2. The molecule has 1 rings (SSSR count). The molecule has 0 aliphatic heterocycles. The summed E-state index contributed by atoms with van der Waals surface area (Å²) in [5.41, 5.74) is -0.414. The molecule has 0 bridgehead atoms. The van der Waals surface area contributed by atoms with Gasteiger partial charge in [-0.1, -0.05) is 0 Å². The fourth-order valence-corrected chi connectivity index (χ4v) is 1.29. The minimum absolute atomic E-state index is 0.0871. The van der Waals surface area contributed by atoms with E-state index in [1.165, 1.54) is 0 Å². The van der Waals surface area contributed by atoms with Crippen molar-refractivity contribution in [3.8, 4) is 5.75 Å². The van der Waals surface area contributed by atoms with Gasteiger partial charge in [0.1, 0.15) is 12.4 Å². The van der Waals surface area contributed by atoms with E-state index < -0.39 is 29.2 Å². The average molecular weight is 297 g/mol. The third kappa shape index (κ3) is 5.83. The summed E-state index contributed by atoms with van der Waals surface area (Å²) in [4.78, 5) is 9.89. The van der Waals surface area contributed by atoms with E-state index >= 15 is 0 Å². The number of benzene rings is 1. The summed E-state index contributed by atoms with van der Waals surface area (Å²) in [5.74, 6) is -0.982. The van der Waals surface area contributed by atoms with Crippen molar-refractivity contribution in [2.45, 2.75) is 12.6 Å². The monoisotopic (exact) mass is 297 g/mol. The van der Waals surface area contributed by atoms with E-state index in [9.17, 15) is 27.7 Å². The maximum Gasteiger partial charge on any atom is 0.411 e. The zero-order valence-corrected chi connectivity index (χ0v) is 10.2. The lowest BCUT2D eigenvalue weighted by atomic mass is 10.3. The summed E-state index contributed by atoms with van der Waals surface area (Å²) in [5, 5.41) is 10.6. The van der Waals surface area contributed by atoms with Crippen LogP contribution in [0, 0.1) is 15.9 Å². The van der Waals surface area contributed by atoms with Crippen molar-refractivity contribution in [2.24, 2.45) is 0 Å². The zero-order chi connectivity index (χ0) is 15.2. The Morgan fingerprint density at radius 3 is 2.55 bits per heavy atom. The lowest BCUT2D eigenvalue weighted by Crippen LogP contribution is -2.18. The molecule has 0 aliphatic carbocycles. The van der Waals surface area contributed by atoms with Gasteiger partial charge in [0.05, 0.1) is 18.1 Å². The van der Waals surface area contributed by atoms with E-state index in [4.69, 9.17) is 4.74 Å². The van der Waals surface area contributed by atoms with Crippen LogP contribution in [0.5, 0.6) is 5.75 Å². The molecule has 0 unspecified atom stereocenters. The van der Waals surface area contributed by atoms with Gasteiger partial charge in [-0.05, 0) is 6.07 Å². The summed E-state index contributed by atoms with van der Waals surface area (Å²) >= 11 is 0. The van der Waals surface area contributed by atoms with Crippen LogP contribution in [0.3, 0.4) is 0 Å². The minimum atomic E-state index is -4.40. The number of rotatable bonds is 7. The molecule has 0 fully saturated rings. The fraction of sp³-hybridized carbons (Fsp3) is 0.455. The minimum Gasteiger partial charge on any atom is -0.487 e. The molecule has 0 aliphatic rings. The first-order valence-corrected chi connectivity index (χ1v) is 5.51. The topological polar surface area (TPSA) is 61.6 Å². The molecule has 0 radical (unpaired) electrons. The van der Waals surface area contributed by atoms with Gasteiger partial charge in [0.2, 0.25) is 0 Å². The second-order valence-electron chi connectivity index (χ2n) is 3.74. The van der Waals surface area contributed by atoms with Gasteiger partial charge in [0.25, 0.3) is 0 Å². The first-order valence-electron chi connectivity index (χ1n) is 5.51. The van der Waals surface area contributed by atoms with Gasteiger partial charge in [0, 0.05) is 18.6 Å². The molecule has 112 valence electrons. The van der Waals surface area contributed by atoms with Crippen molar-refractivity contribution in [1.82, 2.24) is 0 Å². The molecule has 0 spiro atoms. The molecule has 0 aromatic heterocycles. The molecule has 0 amide bonds. The lowest BCUT2D eigenvalue weighted by Gasteiger charge is -2.09. The molecule has 0 saturated heterocycles. The highest BCUT2D eigenvalue weighted by molar-refractivity contribution is 5.46. The second-order valence-corrected chi connectivity index (χ2v) is 3.74. The van der Waals surface area contributed by atoms with Crippen LogP contribution in [0.4, 0.5) is 23.2 Å². The van der Waals surface area contributed by atoms with Crippen LogP contribution in [0.1, 0.15) is 6.42 Å². The number of ether oxygens (including phenoxy) is 2. The van der Waals surface area contributed by atoms with Crippen LogP contribution >= 0.6 is 0 Å². The normalized spacial score (nSPS) is 11.4. The van der Waals surface area contributed by atoms with Crippen molar-refractivity contribution in [3.05, 3.63) is 34.1 Å². The van der Waals surface area contributed by atoms with Crippen molar-refractivity contribution in [2.75, 3.05) is 19.8 Å². The van der Waals surface area contributed by atoms with Crippen molar-refractivity contribution in [1.29, 1.82) is 0 Å². The Labute approximate surface area is 111 Å². The number of nitrogens with zero attached hydrogens (tertiary/aromatic N) is 1. The summed E-state index contributed by atoms with van der Waals surface area (Å²) in [7, 11) is 0. The van der Waals surface area contributed by atoms with Gasteiger partial charge in [-0.3, -0.25) is 10.1 Å². The van der Waals surface area contributed by atoms with Gasteiger partial charge in [-0.25, -0.2) is 4.39 Å². The standard InChI is InChI=1S/C11H11F4NO4/c12-8-2-3-9(16(17)18)10(6-8)20-5-1-4-19-7-11(13,14)15/h2-3,6H,1,4-5,7H2.